The van der Waals surface area contributed by atoms with E-state index >= 15 is 0 Å². The molecule has 1 aromatic carbocycles. The summed E-state index contributed by atoms with van der Waals surface area (Å²) in [5.41, 5.74) is 0.0248. The molecular weight excluding hydrogens is 248 g/mol. The minimum Gasteiger partial charge on any atom is -0.492 e. The molecule has 0 aliphatic carbocycles. The summed E-state index contributed by atoms with van der Waals surface area (Å²) in [5.74, 6) is 0.496. The van der Waals surface area contributed by atoms with E-state index in [0.29, 0.717) is 25.3 Å². The molecule has 0 unspecified atom stereocenters. The highest BCUT2D eigenvalue weighted by molar-refractivity contribution is 5.49. The summed E-state index contributed by atoms with van der Waals surface area (Å²) < 4.78 is 5.46. The molecule has 19 heavy (non-hydrogen) atoms. The molecule has 0 saturated heterocycles. The number of nitro benzene ring substituents is 1. The maximum atomic E-state index is 10.6. The predicted octanol–water partition coefficient (Wildman–Crippen LogP) is 1.88. The number of aldehydes is 1. The number of ether oxygens (including phenoxy) is 1. The van der Waals surface area contributed by atoms with E-state index in [9.17, 15) is 14.9 Å². The molecule has 6 heteroatoms. The fourth-order valence-corrected chi connectivity index (χ4v) is 1.56. The quantitative estimate of drug-likeness (QED) is 0.295. The number of unbranched alkanes of at least 4 members (excludes halogenated alkanes) is 1. The minimum absolute atomic E-state index is 0.0248. The maximum Gasteiger partial charge on any atom is 0.273 e. The Hall–Kier alpha value is -1.95. The summed E-state index contributed by atoms with van der Waals surface area (Å²) in [6, 6.07) is 6.13. The largest absolute Gasteiger partial charge is 0.492 e. The van der Waals surface area contributed by atoms with Crippen molar-refractivity contribution in [3.8, 4) is 5.75 Å². The number of likely N-dealkylation sites (N-methyl/N-ethyl adjacent to an activating group) is 1. The Kier molecular flexibility index (Phi) is 6.52. The summed E-state index contributed by atoms with van der Waals surface area (Å²) in [6.07, 6.45) is 2.31. The van der Waals surface area contributed by atoms with E-state index < -0.39 is 4.92 Å². The second kappa shape index (κ2) is 8.20. The molecule has 0 fully saturated rings. The predicted molar refractivity (Wildman–Crippen MR) is 71.4 cm³/mol. The molecule has 0 radical (unpaired) electrons. The van der Waals surface area contributed by atoms with Crippen LogP contribution in [0.4, 0.5) is 5.69 Å². The number of carbonyl (C=O) groups is 1. The average Bonchev–Trinajstić information content (AvgIpc) is 2.39. The third-order valence-electron chi connectivity index (χ3n) is 2.63. The number of hydrogen-bond donors (Lipinski definition) is 0. The molecule has 0 spiro atoms. The zero-order chi connectivity index (χ0) is 14.1. The number of hydrogen-bond acceptors (Lipinski definition) is 5. The van der Waals surface area contributed by atoms with Gasteiger partial charge in [-0.25, -0.2) is 0 Å². The Labute approximate surface area is 112 Å². The lowest BCUT2D eigenvalue weighted by molar-refractivity contribution is -0.384. The fourth-order valence-electron chi connectivity index (χ4n) is 1.56. The molecule has 6 nitrogen and oxygen atoms in total. The molecule has 0 aromatic heterocycles. The van der Waals surface area contributed by atoms with Gasteiger partial charge < -0.3 is 14.4 Å². The molecule has 0 bridgehead atoms. The summed E-state index contributed by atoms with van der Waals surface area (Å²) in [4.78, 5) is 22.4. The molecule has 0 amide bonds. The van der Waals surface area contributed by atoms with Gasteiger partial charge in [0, 0.05) is 19.0 Å². The molecule has 0 aliphatic heterocycles. The van der Waals surface area contributed by atoms with Gasteiger partial charge >= 0.3 is 0 Å². The van der Waals surface area contributed by atoms with E-state index in [1.165, 1.54) is 12.1 Å². The minimum atomic E-state index is -0.446. The van der Waals surface area contributed by atoms with Gasteiger partial charge in [0.05, 0.1) is 11.0 Å². The highest BCUT2D eigenvalue weighted by Gasteiger charge is 2.06. The van der Waals surface area contributed by atoms with E-state index in [2.05, 4.69) is 4.90 Å². The Morgan fingerprint density at radius 2 is 2.21 bits per heavy atom. The molecule has 0 saturated carbocycles. The van der Waals surface area contributed by atoms with Crippen molar-refractivity contribution in [3.05, 3.63) is 34.4 Å². The number of nitro groups is 1. The van der Waals surface area contributed by atoms with Crippen LogP contribution in [-0.4, -0.2) is 42.9 Å². The van der Waals surface area contributed by atoms with Gasteiger partial charge in [-0.2, -0.15) is 0 Å². The number of nitrogens with zero attached hydrogens (tertiary/aromatic N) is 2. The van der Waals surface area contributed by atoms with Crippen molar-refractivity contribution in [2.75, 3.05) is 26.7 Å². The second-order valence-electron chi connectivity index (χ2n) is 4.22. The van der Waals surface area contributed by atoms with Crippen molar-refractivity contribution >= 4 is 12.0 Å². The van der Waals surface area contributed by atoms with Crippen LogP contribution in [0.2, 0.25) is 0 Å². The molecule has 1 rings (SSSR count). The van der Waals surface area contributed by atoms with Gasteiger partial charge in [0.1, 0.15) is 18.6 Å². The van der Waals surface area contributed by atoms with Gasteiger partial charge in [0.15, 0.2) is 0 Å². The van der Waals surface area contributed by atoms with Crippen LogP contribution in [0.15, 0.2) is 24.3 Å². The fraction of sp³-hybridized carbons (Fsp3) is 0.462. The lowest BCUT2D eigenvalue weighted by Crippen LogP contribution is -2.25. The molecule has 0 atom stereocenters. The summed E-state index contributed by atoms with van der Waals surface area (Å²) in [6.45, 7) is 2.00. The summed E-state index contributed by atoms with van der Waals surface area (Å²) in [7, 11) is 1.95. The maximum absolute atomic E-state index is 10.6. The van der Waals surface area contributed by atoms with Crippen LogP contribution in [0.3, 0.4) is 0 Å². The van der Waals surface area contributed by atoms with Gasteiger partial charge in [-0.1, -0.05) is 6.07 Å². The first-order chi connectivity index (χ1) is 9.13. The van der Waals surface area contributed by atoms with E-state index in [-0.39, 0.29) is 5.69 Å². The third-order valence-corrected chi connectivity index (χ3v) is 2.63. The first kappa shape index (κ1) is 15.1. The van der Waals surface area contributed by atoms with Gasteiger partial charge in [-0.3, -0.25) is 10.1 Å². The van der Waals surface area contributed by atoms with Crippen molar-refractivity contribution in [2.45, 2.75) is 12.8 Å². The number of benzene rings is 1. The van der Waals surface area contributed by atoms with E-state index in [0.717, 1.165) is 19.3 Å². The molecule has 0 N–H and O–H groups in total. The van der Waals surface area contributed by atoms with Gasteiger partial charge in [0.25, 0.3) is 5.69 Å². The smallest absolute Gasteiger partial charge is 0.273 e. The highest BCUT2D eigenvalue weighted by Crippen LogP contribution is 2.18. The van der Waals surface area contributed by atoms with Gasteiger partial charge in [0.2, 0.25) is 0 Å². The Balaban J connectivity index is 2.30. The first-order valence-electron chi connectivity index (χ1n) is 6.13. The summed E-state index contributed by atoms with van der Waals surface area (Å²) in [5, 5.41) is 10.6. The van der Waals surface area contributed by atoms with E-state index in [1.807, 2.05) is 7.05 Å². The zero-order valence-electron chi connectivity index (χ0n) is 10.9. The number of carbonyl (C=O) groups excluding carboxylic acids is 1. The Morgan fingerprint density at radius 1 is 1.42 bits per heavy atom. The van der Waals surface area contributed by atoms with E-state index in [1.54, 1.807) is 12.1 Å². The van der Waals surface area contributed by atoms with Crippen molar-refractivity contribution in [1.82, 2.24) is 4.90 Å². The Morgan fingerprint density at radius 3 is 2.89 bits per heavy atom. The highest BCUT2D eigenvalue weighted by atomic mass is 16.6. The van der Waals surface area contributed by atoms with Crippen molar-refractivity contribution in [2.24, 2.45) is 0 Å². The standard InChI is InChI=1S/C13H18N2O4/c1-14(7-2-3-9-16)8-10-19-13-6-4-5-12(11-13)15(17)18/h4-6,9,11H,2-3,7-8,10H2,1H3. The van der Waals surface area contributed by atoms with Crippen molar-refractivity contribution < 1.29 is 14.5 Å². The average molecular weight is 266 g/mol. The monoisotopic (exact) mass is 266 g/mol. The third kappa shape index (κ3) is 5.96. The van der Waals surface area contributed by atoms with E-state index in [4.69, 9.17) is 4.74 Å². The van der Waals surface area contributed by atoms with Gasteiger partial charge in [-0.15, -0.1) is 0 Å². The van der Waals surface area contributed by atoms with Gasteiger partial charge in [-0.05, 0) is 26.1 Å². The van der Waals surface area contributed by atoms with Crippen LogP contribution < -0.4 is 4.74 Å². The molecule has 0 aliphatic rings. The molecule has 104 valence electrons. The van der Waals surface area contributed by atoms with Crippen LogP contribution in [0.1, 0.15) is 12.8 Å². The molecule has 1 aromatic rings. The Bertz CT molecular complexity index is 423. The zero-order valence-corrected chi connectivity index (χ0v) is 10.9. The van der Waals surface area contributed by atoms with Crippen molar-refractivity contribution in [1.29, 1.82) is 0 Å². The number of non-ortho nitro benzene ring substituents is 1. The molecule has 0 heterocycles. The SMILES string of the molecule is CN(CCCC=O)CCOc1cccc([N+](=O)[O-])c1. The second-order valence-corrected chi connectivity index (χ2v) is 4.22. The lowest BCUT2D eigenvalue weighted by atomic mass is 10.3. The first-order valence-corrected chi connectivity index (χ1v) is 6.13. The van der Waals surface area contributed by atoms with Crippen LogP contribution in [0, 0.1) is 10.1 Å². The molecular formula is C13H18N2O4. The van der Waals surface area contributed by atoms with Crippen LogP contribution in [-0.2, 0) is 4.79 Å². The van der Waals surface area contributed by atoms with Crippen molar-refractivity contribution in [3.63, 3.8) is 0 Å². The normalized spacial score (nSPS) is 10.4. The van der Waals surface area contributed by atoms with Crippen LogP contribution in [0.25, 0.3) is 0 Å². The lowest BCUT2D eigenvalue weighted by Gasteiger charge is -2.16. The topological polar surface area (TPSA) is 72.7 Å². The van der Waals surface area contributed by atoms with Crippen LogP contribution in [0.5, 0.6) is 5.75 Å². The summed E-state index contributed by atoms with van der Waals surface area (Å²) >= 11 is 0. The number of rotatable bonds is 9. The van der Waals surface area contributed by atoms with Crippen LogP contribution >= 0.6 is 0 Å².